The zero-order chi connectivity index (χ0) is 20.2. The summed E-state index contributed by atoms with van der Waals surface area (Å²) >= 11 is 0. The van der Waals surface area contributed by atoms with E-state index in [0.29, 0.717) is 18.5 Å². The summed E-state index contributed by atoms with van der Waals surface area (Å²) in [5, 5.41) is 5.60. The van der Waals surface area contributed by atoms with Gasteiger partial charge in [-0.15, -0.1) is 0 Å². The Hall–Kier alpha value is -3.15. The Balaban J connectivity index is 1.32. The van der Waals surface area contributed by atoms with E-state index in [4.69, 9.17) is 0 Å². The van der Waals surface area contributed by atoms with E-state index < -0.39 is 0 Å². The van der Waals surface area contributed by atoms with Crippen LogP contribution in [0.2, 0.25) is 0 Å². The highest BCUT2D eigenvalue weighted by Crippen LogP contribution is 2.27. The van der Waals surface area contributed by atoms with Crippen LogP contribution in [-0.2, 0) is 22.4 Å². The van der Waals surface area contributed by atoms with E-state index >= 15 is 0 Å². The van der Waals surface area contributed by atoms with Crippen molar-refractivity contribution in [2.24, 2.45) is 0 Å². The summed E-state index contributed by atoms with van der Waals surface area (Å²) in [5.41, 5.74) is 4.63. The predicted molar refractivity (Wildman–Crippen MR) is 112 cm³/mol. The third-order valence-electron chi connectivity index (χ3n) is 5.59. The smallest absolute Gasteiger partial charge is 0.251 e. The minimum atomic E-state index is -0.311. The van der Waals surface area contributed by atoms with Crippen molar-refractivity contribution in [3.8, 4) is 0 Å². The molecule has 3 amide bonds. The molecule has 150 valence electrons. The molecule has 2 aromatic rings. The standard InChI is InChI=1S/C23H25N3O3/c27-21(25-20-8-3-6-16-5-1-2-7-19(16)20)15-24-23(29)17-10-12-18(13-11-17)26-14-4-9-22(26)28/h3,6,8,10-13H,1-2,4-5,7,9,14-15H2,(H,24,29)(H,25,27). The third kappa shape index (κ3) is 4.31. The van der Waals surface area contributed by atoms with Gasteiger partial charge in [0.25, 0.3) is 5.91 Å². The van der Waals surface area contributed by atoms with E-state index in [1.54, 1.807) is 29.2 Å². The molecule has 2 aromatic carbocycles. The second-order valence-corrected chi connectivity index (χ2v) is 7.58. The van der Waals surface area contributed by atoms with Crippen LogP contribution < -0.4 is 15.5 Å². The van der Waals surface area contributed by atoms with Gasteiger partial charge in [0.15, 0.2) is 0 Å². The number of hydrogen-bond donors (Lipinski definition) is 2. The SMILES string of the molecule is O=C(CNC(=O)c1ccc(N2CCCC2=O)cc1)Nc1cccc2c1CCCC2. The lowest BCUT2D eigenvalue weighted by Crippen LogP contribution is -2.33. The summed E-state index contributed by atoms with van der Waals surface area (Å²) in [4.78, 5) is 38.2. The van der Waals surface area contributed by atoms with Gasteiger partial charge < -0.3 is 15.5 Å². The van der Waals surface area contributed by atoms with Crippen molar-refractivity contribution < 1.29 is 14.4 Å². The van der Waals surface area contributed by atoms with Crippen molar-refractivity contribution in [1.29, 1.82) is 0 Å². The number of carbonyl (C=O) groups excluding carboxylic acids is 3. The molecule has 29 heavy (non-hydrogen) atoms. The lowest BCUT2D eigenvalue weighted by atomic mass is 9.90. The second-order valence-electron chi connectivity index (χ2n) is 7.58. The molecule has 0 spiro atoms. The Kier molecular flexibility index (Phi) is 5.60. The maximum absolute atomic E-state index is 12.4. The monoisotopic (exact) mass is 391 g/mol. The molecule has 1 heterocycles. The number of rotatable bonds is 5. The molecule has 0 atom stereocenters. The van der Waals surface area contributed by atoms with Crippen LogP contribution in [0.1, 0.15) is 47.2 Å². The van der Waals surface area contributed by atoms with E-state index in [1.807, 2.05) is 12.1 Å². The highest BCUT2D eigenvalue weighted by Gasteiger charge is 2.21. The molecule has 0 unspecified atom stereocenters. The molecular formula is C23H25N3O3. The molecule has 0 bridgehead atoms. The first kappa shape index (κ1) is 19.2. The Bertz CT molecular complexity index is 937. The molecule has 1 aliphatic heterocycles. The third-order valence-corrected chi connectivity index (χ3v) is 5.59. The van der Waals surface area contributed by atoms with Crippen LogP contribution in [0, 0.1) is 0 Å². The van der Waals surface area contributed by atoms with Gasteiger partial charge in [-0.25, -0.2) is 0 Å². The summed E-state index contributed by atoms with van der Waals surface area (Å²) in [5.74, 6) is -0.437. The van der Waals surface area contributed by atoms with Crippen LogP contribution >= 0.6 is 0 Å². The van der Waals surface area contributed by atoms with Gasteiger partial charge >= 0.3 is 0 Å². The van der Waals surface area contributed by atoms with Gasteiger partial charge in [0.2, 0.25) is 11.8 Å². The fourth-order valence-electron chi connectivity index (χ4n) is 4.07. The fraction of sp³-hybridized carbons (Fsp3) is 0.348. The molecule has 4 rings (SSSR count). The van der Waals surface area contributed by atoms with Crippen LogP contribution in [0.4, 0.5) is 11.4 Å². The van der Waals surface area contributed by atoms with Crippen LogP contribution in [0.5, 0.6) is 0 Å². The van der Waals surface area contributed by atoms with Crippen LogP contribution in [0.25, 0.3) is 0 Å². The van der Waals surface area contributed by atoms with Gasteiger partial charge in [0.1, 0.15) is 0 Å². The van der Waals surface area contributed by atoms with Gasteiger partial charge in [-0.05, 0) is 73.6 Å². The topological polar surface area (TPSA) is 78.5 Å². The first-order chi connectivity index (χ1) is 14.1. The molecule has 2 aliphatic rings. The number of nitrogens with one attached hydrogen (secondary N) is 2. The van der Waals surface area contributed by atoms with Crippen LogP contribution in [0.3, 0.4) is 0 Å². The highest BCUT2D eigenvalue weighted by atomic mass is 16.2. The molecule has 0 aromatic heterocycles. The highest BCUT2D eigenvalue weighted by molar-refractivity contribution is 6.00. The van der Waals surface area contributed by atoms with Crippen molar-refractivity contribution in [3.05, 3.63) is 59.2 Å². The number of amides is 3. The van der Waals surface area contributed by atoms with Crippen molar-refractivity contribution in [1.82, 2.24) is 5.32 Å². The summed E-state index contributed by atoms with van der Waals surface area (Å²) in [6, 6.07) is 12.9. The lowest BCUT2D eigenvalue weighted by Gasteiger charge is -2.19. The Morgan fingerprint density at radius 2 is 1.72 bits per heavy atom. The molecule has 6 heteroatoms. The predicted octanol–water partition coefficient (Wildman–Crippen LogP) is 3.06. The fourth-order valence-corrected chi connectivity index (χ4v) is 4.07. The van der Waals surface area contributed by atoms with E-state index in [-0.39, 0.29) is 24.3 Å². The summed E-state index contributed by atoms with van der Waals surface area (Å²) < 4.78 is 0. The molecule has 1 aliphatic carbocycles. The number of nitrogens with zero attached hydrogens (tertiary/aromatic N) is 1. The van der Waals surface area contributed by atoms with E-state index in [1.165, 1.54) is 17.5 Å². The van der Waals surface area contributed by atoms with E-state index in [0.717, 1.165) is 37.1 Å². The largest absolute Gasteiger partial charge is 0.343 e. The zero-order valence-electron chi connectivity index (χ0n) is 16.4. The van der Waals surface area contributed by atoms with Gasteiger partial charge in [0.05, 0.1) is 6.54 Å². The number of fused-ring (bicyclic) bond motifs is 1. The van der Waals surface area contributed by atoms with Crippen LogP contribution in [-0.4, -0.2) is 30.8 Å². The quantitative estimate of drug-likeness (QED) is 0.822. The van der Waals surface area contributed by atoms with Crippen molar-refractivity contribution in [2.45, 2.75) is 38.5 Å². The Morgan fingerprint density at radius 1 is 0.931 bits per heavy atom. The normalized spacial score (nSPS) is 15.7. The van der Waals surface area contributed by atoms with Gasteiger partial charge in [-0.2, -0.15) is 0 Å². The van der Waals surface area contributed by atoms with Crippen LogP contribution in [0.15, 0.2) is 42.5 Å². The maximum atomic E-state index is 12.4. The number of aryl methyl sites for hydroxylation is 1. The number of benzene rings is 2. The maximum Gasteiger partial charge on any atom is 0.251 e. The average Bonchev–Trinajstić information content (AvgIpc) is 3.18. The molecule has 1 fully saturated rings. The Morgan fingerprint density at radius 3 is 2.48 bits per heavy atom. The minimum Gasteiger partial charge on any atom is -0.343 e. The van der Waals surface area contributed by atoms with Gasteiger partial charge in [-0.1, -0.05) is 12.1 Å². The van der Waals surface area contributed by atoms with Gasteiger partial charge in [-0.3, -0.25) is 14.4 Å². The summed E-state index contributed by atoms with van der Waals surface area (Å²) in [7, 11) is 0. The number of hydrogen-bond acceptors (Lipinski definition) is 3. The first-order valence-electron chi connectivity index (χ1n) is 10.2. The summed E-state index contributed by atoms with van der Waals surface area (Å²) in [6.07, 6.45) is 5.78. The lowest BCUT2D eigenvalue weighted by molar-refractivity contribution is -0.117. The van der Waals surface area contributed by atoms with Crippen molar-refractivity contribution in [2.75, 3.05) is 23.3 Å². The average molecular weight is 391 g/mol. The number of anilines is 2. The van der Waals surface area contributed by atoms with Crippen molar-refractivity contribution >= 4 is 29.1 Å². The molecule has 1 saturated heterocycles. The molecule has 2 N–H and O–H groups in total. The molecule has 0 saturated carbocycles. The first-order valence-corrected chi connectivity index (χ1v) is 10.2. The molecular weight excluding hydrogens is 366 g/mol. The zero-order valence-corrected chi connectivity index (χ0v) is 16.4. The Labute approximate surface area is 170 Å². The second kappa shape index (κ2) is 8.47. The minimum absolute atomic E-state index is 0.0884. The van der Waals surface area contributed by atoms with Gasteiger partial charge in [0, 0.05) is 29.9 Å². The van der Waals surface area contributed by atoms with E-state index in [9.17, 15) is 14.4 Å². The molecule has 0 radical (unpaired) electrons. The van der Waals surface area contributed by atoms with E-state index in [2.05, 4.69) is 16.7 Å². The number of carbonyl (C=O) groups is 3. The summed E-state index contributed by atoms with van der Waals surface area (Å²) in [6.45, 7) is 0.628. The van der Waals surface area contributed by atoms with Crippen molar-refractivity contribution in [3.63, 3.8) is 0 Å². The molecule has 6 nitrogen and oxygen atoms in total.